The van der Waals surface area contributed by atoms with Crippen LogP contribution in [0.3, 0.4) is 0 Å². The van der Waals surface area contributed by atoms with E-state index in [0.29, 0.717) is 11.1 Å². The van der Waals surface area contributed by atoms with Crippen LogP contribution in [0.1, 0.15) is 24.6 Å². The lowest BCUT2D eigenvalue weighted by molar-refractivity contribution is -0.113. The molecule has 1 atom stereocenters. The Morgan fingerprint density at radius 1 is 1.31 bits per heavy atom. The fourth-order valence-corrected chi connectivity index (χ4v) is 4.61. The highest BCUT2D eigenvalue weighted by Gasteiger charge is 2.35. The van der Waals surface area contributed by atoms with Gasteiger partial charge < -0.3 is 10.6 Å². The average Bonchev–Trinajstić information content (AvgIpc) is 3.16. The van der Waals surface area contributed by atoms with Crippen LogP contribution in [0.5, 0.6) is 0 Å². The van der Waals surface area contributed by atoms with Crippen LogP contribution < -0.4 is 10.6 Å². The number of hydrogen-bond donors (Lipinski definition) is 2. The van der Waals surface area contributed by atoms with Crippen molar-refractivity contribution in [1.29, 1.82) is 5.26 Å². The molecule has 0 spiro atoms. The number of hydrogen-bond acceptors (Lipinski definition) is 5. The Morgan fingerprint density at radius 2 is 2.08 bits per heavy atom. The summed E-state index contributed by atoms with van der Waals surface area (Å²) in [5, 5.41) is 18.9. The van der Waals surface area contributed by atoms with Gasteiger partial charge in [0.25, 0.3) is 5.91 Å². The second kappa shape index (κ2) is 8.26. The molecule has 2 N–H and O–H groups in total. The third-order valence-electron chi connectivity index (χ3n) is 4.04. The van der Waals surface area contributed by atoms with E-state index in [1.165, 1.54) is 0 Å². The van der Waals surface area contributed by atoms with E-state index in [2.05, 4.69) is 16.7 Å². The number of anilines is 1. The minimum atomic E-state index is -0.348. The number of allylic oxidation sites excluding steroid dienone is 2. The van der Waals surface area contributed by atoms with Crippen molar-refractivity contribution < 1.29 is 4.79 Å². The summed E-state index contributed by atoms with van der Waals surface area (Å²) in [6, 6.07) is 15.6. The van der Waals surface area contributed by atoms with E-state index in [1.807, 2.05) is 61.7 Å². The molecule has 1 aliphatic rings. The Labute approximate surface area is 161 Å². The molecule has 2 heterocycles. The smallest absolute Gasteiger partial charge is 0.254 e. The van der Waals surface area contributed by atoms with Gasteiger partial charge in [0, 0.05) is 21.8 Å². The van der Waals surface area contributed by atoms with Gasteiger partial charge in [0.05, 0.1) is 22.6 Å². The van der Waals surface area contributed by atoms with Crippen molar-refractivity contribution in [2.45, 2.75) is 19.8 Å². The standard InChI is InChI=1S/C20H19N3OS2/c1-3-25-20-15(12-21)18(16-10-7-11-26-16)17(13(2)22-20)19(24)23-14-8-5-4-6-9-14/h4-11,18,22H,3H2,1-2H3,(H,23,24)/t18-/m1/s1. The average molecular weight is 382 g/mol. The molecule has 0 saturated heterocycles. The number of nitrogens with one attached hydrogen (secondary N) is 2. The number of rotatable bonds is 5. The van der Waals surface area contributed by atoms with Crippen LogP contribution in [0.2, 0.25) is 0 Å². The summed E-state index contributed by atoms with van der Waals surface area (Å²) in [4.78, 5) is 14.1. The molecule has 0 aliphatic carbocycles. The van der Waals surface area contributed by atoms with Crippen LogP contribution in [-0.4, -0.2) is 11.7 Å². The second-order valence-corrected chi connectivity index (χ2v) is 7.97. The number of thioether (sulfide) groups is 1. The lowest BCUT2D eigenvalue weighted by Gasteiger charge is -2.29. The Balaban J connectivity index is 2.03. The van der Waals surface area contributed by atoms with Gasteiger partial charge in [-0.05, 0) is 36.3 Å². The first-order valence-corrected chi connectivity index (χ1v) is 10.2. The lowest BCUT2D eigenvalue weighted by Crippen LogP contribution is -2.30. The van der Waals surface area contributed by atoms with Gasteiger partial charge in [0.1, 0.15) is 0 Å². The molecule has 0 unspecified atom stereocenters. The first-order valence-electron chi connectivity index (χ1n) is 8.30. The first-order chi connectivity index (χ1) is 12.7. The molecule has 4 nitrogen and oxygen atoms in total. The maximum atomic E-state index is 13.1. The molecule has 6 heteroatoms. The minimum Gasteiger partial charge on any atom is -0.353 e. The predicted molar refractivity (Wildman–Crippen MR) is 109 cm³/mol. The predicted octanol–water partition coefficient (Wildman–Crippen LogP) is 4.84. The number of thiophene rings is 1. The van der Waals surface area contributed by atoms with Crippen molar-refractivity contribution in [1.82, 2.24) is 5.32 Å². The van der Waals surface area contributed by atoms with Gasteiger partial charge >= 0.3 is 0 Å². The van der Waals surface area contributed by atoms with E-state index in [0.717, 1.165) is 27.0 Å². The van der Waals surface area contributed by atoms with Crippen LogP contribution in [0.15, 0.2) is 69.7 Å². The van der Waals surface area contributed by atoms with Crippen molar-refractivity contribution in [2.75, 3.05) is 11.1 Å². The van der Waals surface area contributed by atoms with Gasteiger partial charge in [-0.2, -0.15) is 5.26 Å². The highest BCUT2D eigenvalue weighted by molar-refractivity contribution is 8.03. The van der Waals surface area contributed by atoms with Crippen LogP contribution in [0.25, 0.3) is 0 Å². The Hall–Kier alpha value is -2.49. The zero-order chi connectivity index (χ0) is 18.5. The number of nitrogens with zero attached hydrogens (tertiary/aromatic N) is 1. The second-order valence-electron chi connectivity index (χ2n) is 5.72. The molecular formula is C20H19N3OS2. The summed E-state index contributed by atoms with van der Waals surface area (Å²) >= 11 is 3.15. The molecule has 0 fully saturated rings. The summed E-state index contributed by atoms with van der Waals surface area (Å²) in [6.45, 7) is 3.94. The third kappa shape index (κ3) is 3.69. The highest BCUT2D eigenvalue weighted by atomic mass is 32.2. The fraction of sp³-hybridized carbons (Fsp3) is 0.200. The zero-order valence-electron chi connectivity index (χ0n) is 14.6. The molecule has 1 aromatic carbocycles. The lowest BCUT2D eigenvalue weighted by atomic mass is 9.86. The van der Waals surface area contributed by atoms with Crippen LogP contribution in [0, 0.1) is 11.3 Å². The van der Waals surface area contributed by atoms with Crippen molar-refractivity contribution in [2.24, 2.45) is 0 Å². The number of benzene rings is 1. The van der Waals surface area contributed by atoms with Crippen molar-refractivity contribution >= 4 is 34.7 Å². The molecule has 0 bridgehead atoms. The largest absolute Gasteiger partial charge is 0.353 e. The molecule has 1 aliphatic heterocycles. The van der Waals surface area contributed by atoms with E-state index in [9.17, 15) is 10.1 Å². The van der Waals surface area contributed by atoms with E-state index in [-0.39, 0.29) is 11.8 Å². The van der Waals surface area contributed by atoms with Crippen LogP contribution in [-0.2, 0) is 4.79 Å². The monoisotopic (exact) mass is 381 g/mol. The van der Waals surface area contributed by atoms with Gasteiger partial charge in [-0.15, -0.1) is 23.1 Å². The molecule has 0 radical (unpaired) electrons. The van der Waals surface area contributed by atoms with Crippen LogP contribution >= 0.6 is 23.1 Å². The first kappa shape index (κ1) is 18.3. The molecule has 2 aromatic rings. The fourth-order valence-electron chi connectivity index (χ4n) is 2.93. The summed E-state index contributed by atoms with van der Waals surface area (Å²) in [5.74, 6) is 0.315. The molecule has 26 heavy (non-hydrogen) atoms. The number of para-hydroxylation sites is 1. The van der Waals surface area contributed by atoms with E-state index in [1.54, 1.807) is 23.1 Å². The molecule has 1 aromatic heterocycles. The number of carbonyl (C=O) groups is 1. The van der Waals surface area contributed by atoms with Gasteiger partial charge in [0.2, 0.25) is 0 Å². The normalized spacial score (nSPS) is 16.9. The van der Waals surface area contributed by atoms with Crippen molar-refractivity contribution in [3.05, 3.63) is 74.6 Å². The van der Waals surface area contributed by atoms with E-state index < -0.39 is 0 Å². The Bertz CT molecular complexity index is 893. The Kier molecular flexibility index (Phi) is 5.82. The molecule has 0 saturated carbocycles. The summed E-state index contributed by atoms with van der Waals surface area (Å²) in [7, 11) is 0. The summed E-state index contributed by atoms with van der Waals surface area (Å²) < 4.78 is 0. The summed E-state index contributed by atoms with van der Waals surface area (Å²) in [5.41, 5.74) is 2.71. The maximum absolute atomic E-state index is 13.1. The number of carbonyl (C=O) groups excluding carboxylic acids is 1. The van der Waals surface area contributed by atoms with Crippen molar-refractivity contribution in [3.63, 3.8) is 0 Å². The minimum absolute atomic E-state index is 0.187. The third-order valence-corrected chi connectivity index (χ3v) is 5.88. The highest BCUT2D eigenvalue weighted by Crippen LogP contribution is 2.42. The molecule has 132 valence electrons. The SMILES string of the molecule is CCSC1=C(C#N)[C@H](c2cccs2)C(C(=O)Nc2ccccc2)=C(C)N1. The van der Waals surface area contributed by atoms with Gasteiger partial charge in [-0.25, -0.2) is 0 Å². The van der Waals surface area contributed by atoms with Gasteiger partial charge in [-0.3, -0.25) is 4.79 Å². The van der Waals surface area contributed by atoms with Gasteiger partial charge in [-0.1, -0.05) is 31.2 Å². The van der Waals surface area contributed by atoms with Crippen molar-refractivity contribution in [3.8, 4) is 6.07 Å². The topological polar surface area (TPSA) is 64.9 Å². The number of amides is 1. The van der Waals surface area contributed by atoms with Gasteiger partial charge in [0.15, 0.2) is 0 Å². The Morgan fingerprint density at radius 3 is 2.69 bits per heavy atom. The van der Waals surface area contributed by atoms with Crippen LogP contribution in [0.4, 0.5) is 5.69 Å². The quantitative estimate of drug-likeness (QED) is 0.778. The van der Waals surface area contributed by atoms with E-state index in [4.69, 9.17) is 0 Å². The summed E-state index contributed by atoms with van der Waals surface area (Å²) in [6.07, 6.45) is 0. The number of nitriles is 1. The molecule has 3 rings (SSSR count). The molecular weight excluding hydrogens is 362 g/mol. The molecule has 1 amide bonds. The van der Waals surface area contributed by atoms with E-state index >= 15 is 0 Å². The number of dihydropyridines is 1. The zero-order valence-corrected chi connectivity index (χ0v) is 16.2. The maximum Gasteiger partial charge on any atom is 0.254 e.